The molecule has 0 N–H and O–H groups in total. The predicted molar refractivity (Wildman–Crippen MR) is 175 cm³/mol. The number of hydrogen-bond donors (Lipinski definition) is 0. The van der Waals surface area contributed by atoms with Gasteiger partial charge < -0.3 is 4.57 Å². The van der Waals surface area contributed by atoms with Crippen LogP contribution in [0.2, 0.25) is 13.1 Å². The molecular formula is C37H28N4Si. The summed E-state index contributed by atoms with van der Waals surface area (Å²) in [4.78, 5) is 14.9. The number of aromatic nitrogens is 4. The van der Waals surface area contributed by atoms with E-state index in [-0.39, 0.29) is 0 Å². The van der Waals surface area contributed by atoms with Crippen molar-refractivity contribution in [3.8, 4) is 51.1 Å². The Morgan fingerprint density at radius 1 is 0.524 bits per heavy atom. The second-order valence-corrected chi connectivity index (χ2v) is 15.6. The van der Waals surface area contributed by atoms with Gasteiger partial charge >= 0.3 is 0 Å². The lowest BCUT2D eigenvalue weighted by atomic mass is 10.1. The molecule has 0 amide bonds. The van der Waals surface area contributed by atoms with Crippen molar-refractivity contribution >= 4 is 29.4 Å². The van der Waals surface area contributed by atoms with Gasteiger partial charge in [-0.3, -0.25) is 0 Å². The van der Waals surface area contributed by atoms with Crippen molar-refractivity contribution in [2.24, 2.45) is 0 Å². The van der Waals surface area contributed by atoms with Gasteiger partial charge in [-0.1, -0.05) is 122 Å². The highest BCUT2D eigenvalue weighted by molar-refractivity contribution is 7.05. The molecule has 5 heteroatoms. The fourth-order valence-electron chi connectivity index (χ4n) is 6.47. The minimum atomic E-state index is -1.98. The molecule has 4 nitrogen and oxygen atoms in total. The Kier molecular flexibility index (Phi) is 5.56. The molecule has 200 valence electrons. The van der Waals surface area contributed by atoms with Crippen molar-refractivity contribution in [3.05, 3.63) is 133 Å². The summed E-state index contributed by atoms with van der Waals surface area (Å²) < 4.78 is 2.45. The maximum atomic E-state index is 5.02. The number of benzene rings is 5. The van der Waals surface area contributed by atoms with E-state index in [4.69, 9.17) is 15.0 Å². The molecule has 0 bridgehead atoms. The molecule has 8 rings (SSSR count). The summed E-state index contributed by atoms with van der Waals surface area (Å²) >= 11 is 0. The van der Waals surface area contributed by atoms with Crippen LogP contribution in [0.3, 0.4) is 0 Å². The van der Waals surface area contributed by atoms with E-state index >= 15 is 0 Å². The zero-order valence-electron chi connectivity index (χ0n) is 23.5. The third-order valence-corrected chi connectivity index (χ3v) is 12.0. The number of rotatable bonds is 4. The van der Waals surface area contributed by atoms with Gasteiger partial charge in [0.05, 0.1) is 11.2 Å². The predicted octanol–water partition coefficient (Wildman–Crippen LogP) is 7.62. The van der Waals surface area contributed by atoms with Gasteiger partial charge in [0.15, 0.2) is 17.5 Å². The van der Waals surface area contributed by atoms with Crippen molar-refractivity contribution in [2.75, 3.05) is 0 Å². The van der Waals surface area contributed by atoms with Crippen LogP contribution in [0, 0.1) is 0 Å². The van der Waals surface area contributed by atoms with E-state index in [1.807, 2.05) is 36.4 Å². The third-order valence-electron chi connectivity index (χ3n) is 8.42. The average Bonchev–Trinajstić information content (AvgIpc) is 3.52. The quantitative estimate of drug-likeness (QED) is 0.210. The fraction of sp³-hybridized carbons (Fsp3) is 0.0541. The van der Waals surface area contributed by atoms with Gasteiger partial charge in [0, 0.05) is 27.8 Å². The second-order valence-electron chi connectivity index (χ2n) is 11.3. The van der Waals surface area contributed by atoms with Crippen LogP contribution in [0.25, 0.3) is 62.0 Å². The van der Waals surface area contributed by atoms with Crippen LogP contribution in [-0.4, -0.2) is 27.6 Å². The van der Waals surface area contributed by atoms with Gasteiger partial charge in [-0.05, 0) is 40.2 Å². The standard InChI is InChI=1S/C37H28N4Si/c1-42(2)32-23-22-27(37-39-35(25-14-6-3-7-15-25)38-36(40-37)26-16-8-4-9-17-26)24-30(32)33-34(42)29-20-12-13-21-31(29)41(33)28-18-10-5-11-19-28/h3-24H,1-2H3. The second kappa shape index (κ2) is 9.47. The summed E-state index contributed by atoms with van der Waals surface area (Å²) in [6.45, 7) is 4.95. The summed E-state index contributed by atoms with van der Waals surface area (Å²) in [5.41, 5.74) is 7.95. The monoisotopic (exact) mass is 556 g/mol. The van der Waals surface area contributed by atoms with Gasteiger partial charge in [0.1, 0.15) is 8.07 Å². The summed E-state index contributed by atoms with van der Waals surface area (Å²) in [6, 6.07) is 46.7. The van der Waals surface area contributed by atoms with Crippen molar-refractivity contribution in [1.29, 1.82) is 0 Å². The zero-order valence-corrected chi connectivity index (χ0v) is 24.5. The van der Waals surface area contributed by atoms with Gasteiger partial charge in [-0.2, -0.15) is 0 Å². The van der Waals surface area contributed by atoms with E-state index in [1.165, 1.54) is 38.2 Å². The van der Waals surface area contributed by atoms with Crippen LogP contribution >= 0.6 is 0 Å². The number of hydrogen-bond acceptors (Lipinski definition) is 3. The van der Waals surface area contributed by atoms with E-state index < -0.39 is 8.07 Å². The molecular weight excluding hydrogens is 529 g/mol. The maximum Gasteiger partial charge on any atom is 0.164 e. The van der Waals surface area contributed by atoms with Crippen LogP contribution in [0.4, 0.5) is 0 Å². The molecule has 7 aromatic rings. The van der Waals surface area contributed by atoms with Gasteiger partial charge in [0.25, 0.3) is 0 Å². The topological polar surface area (TPSA) is 43.6 Å². The van der Waals surface area contributed by atoms with Crippen LogP contribution in [0.5, 0.6) is 0 Å². The summed E-state index contributed by atoms with van der Waals surface area (Å²) in [5, 5.41) is 4.30. The van der Waals surface area contributed by atoms with Crippen LogP contribution in [0.1, 0.15) is 0 Å². The van der Waals surface area contributed by atoms with Crippen molar-refractivity contribution < 1.29 is 0 Å². The molecule has 0 spiro atoms. The van der Waals surface area contributed by atoms with Gasteiger partial charge in [-0.25, -0.2) is 15.0 Å². The Bertz CT molecular complexity index is 2040. The van der Waals surface area contributed by atoms with Crippen molar-refractivity contribution in [2.45, 2.75) is 13.1 Å². The Morgan fingerprint density at radius 2 is 1.05 bits per heavy atom. The number of para-hydroxylation sites is 2. The zero-order chi connectivity index (χ0) is 28.3. The van der Waals surface area contributed by atoms with Gasteiger partial charge in [-0.15, -0.1) is 0 Å². The lowest BCUT2D eigenvalue weighted by molar-refractivity contribution is 1.07. The SMILES string of the molecule is C[Si]1(C)c2ccc(-c3nc(-c4ccccc4)nc(-c4ccccc4)n3)cc2-c2c1c1ccccc1n2-c1ccccc1. The first-order valence-electron chi connectivity index (χ1n) is 14.3. The highest BCUT2D eigenvalue weighted by Crippen LogP contribution is 2.38. The minimum Gasteiger partial charge on any atom is -0.309 e. The van der Waals surface area contributed by atoms with E-state index in [1.54, 1.807) is 0 Å². The number of fused-ring (bicyclic) bond motifs is 5. The Balaban J connectivity index is 1.38. The highest BCUT2D eigenvalue weighted by Gasteiger charge is 2.42. The molecule has 0 saturated heterocycles. The molecule has 5 aromatic carbocycles. The molecule has 0 atom stereocenters. The molecule has 0 unspecified atom stereocenters. The van der Waals surface area contributed by atoms with Crippen LogP contribution in [0.15, 0.2) is 133 Å². The third kappa shape index (κ3) is 3.78. The lowest BCUT2D eigenvalue weighted by Gasteiger charge is -2.19. The Hall–Kier alpha value is -5.13. The smallest absolute Gasteiger partial charge is 0.164 e. The van der Waals surface area contributed by atoms with E-state index in [0.29, 0.717) is 17.5 Å². The fourth-order valence-corrected chi connectivity index (χ4v) is 9.83. The Morgan fingerprint density at radius 3 is 1.67 bits per heavy atom. The average molecular weight is 557 g/mol. The Labute approximate surface area is 246 Å². The summed E-state index contributed by atoms with van der Waals surface area (Å²) in [7, 11) is -1.98. The first kappa shape index (κ1) is 24.6. The first-order chi connectivity index (χ1) is 20.6. The van der Waals surface area contributed by atoms with E-state index in [0.717, 1.165) is 16.7 Å². The van der Waals surface area contributed by atoms with Crippen molar-refractivity contribution in [3.63, 3.8) is 0 Å². The van der Waals surface area contributed by atoms with Crippen LogP contribution < -0.4 is 10.4 Å². The lowest BCUT2D eigenvalue weighted by Crippen LogP contribution is -2.49. The molecule has 42 heavy (non-hydrogen) atoms. The molecule has 0 saturated carbocycles. The first-order valence-corrected chi connectivity index (χ1v) is 17.3. The summed E-state index contributed by atoms with van der Waals surface area (Å²) in [6.07, 6.45) is 0. The number of nitrogens with zero attached hydrogens (tertiary/aromatic N) is 4. The molecule has 0 fully saturated rings. The molecule has 1 aliphatic heterocycles. The molecule has 3 heterocycles. The largest absolute Gasteiger partial charge is 0.309 e. The van der Waals surface area contributed by atoms with E-state index in [2.05, 4.69) is 115 Å². The molecule has 1 aliphatic rings. The van der Waals surface area contributed by atoms with Crippen LogP contribution in [-0.2, 0) is 0 Å². The highest BCUT2D eigenvalue weighted by atomic mass is 28.3. The van der Waals surface area contributed by atoms with Crippen molar-refractivity contribution in [1.82, 2.24) is 19.5 Å². The molecule has 0 aliphatic carbocycles. The molecule has 2 aromatic heterocycles. The minimum absolute atomic E-state index is 0.675. The van der Waals surface area contributed by atoms with E-state index in [9.17, 15) is 0 Å². The normalized spacial score (nSPS) is 13.2. The summed E-state index contributed by atoms with van der Waals surface area (Å²) in [5.74, 6) is 2.03. The van der Waals surface area contributed by atoms with Gasteiger partial charge in [0.2, 0.25) is 0 Å². The maximum absolute atomic E-state index is 5.02. The molecule has 0 radical (unpaired) electrons.